The van der Waals surface area contributed by atoms with E-state index in [2.05, 4.69) is 33.9 Å². The molecule has 0 saturated heterocycles. The fourth-order valence-electron chi connectivity index (χ4n) is 2.43. The van der Waals surface area contributed by atoms with E-state index < -0.39 is 0 Å². The van der Waals surface area contributed by atoms with Crippen LogP contribution >= 0.6 is 0 Å². The molecule has 2 aromatic rings. The molecule has 1 unspecified atom stereocenters. The first-order valence-electron chi connectivity index (χ1n) is 7.58. The summed E-state index contributed by atoms with van der Waals surface area (Å²) in [5.74, 6) is 2.04. The Bertz CT molecular complexity index is 545. The fraction of sp³-hybridized carbons (Fsp3) is 0.471. The molecule has 0 aliphatic rings. The monoisotopic (exact) mass is 287 g/mol. The number of hydrogen-bond donors (Lipinski definition) is 1. The first-order valence-corrected chi connectivity index (χ1v) is 7.58. The first-order chi connectivity index (χ1) is 10.1. The van der Waals surface area contributed by atoms with Crippen LogP contribution in [0.3, 0.4) is 0 Å². The molecule has 0 amide bonds. The zero-order valence-corrected chi connectivity index (χ0v) is 13.3. The van der Waals surface area contributed by atoms with E-state index in [-0.39, 0.29) is 12.1 Å². The van der Waals surface area contributed by atoms with Crippen LogP contribution in [0.4, 0.5) is 0 Å². The number of benzene rings is 1. The Balaban J connectivity index is 2.10. The maximum Gasteiger partial charge on any atom is 0.119 e. The van der Waals surface area contributed by atoms with Gasteiger partial charge in [-0.15, -0.1) is 0 Å². The maximum absolute atomic E-state index is 5.69. The molecule has 1 aromatic heterocycles. The standard InChI is InChI=1S/C17H25N3O/c1-5-17-19-10-11-20(17)12-16(18-4)14-6-8-15(9-7-14)21-13(2)3/h6-11,13,16,18H,5,12H2,1-4H3. The molecule has 4 nitrogen and oxygen atoms in total. The molecule has 0 fully saturated rings. The molecule has 0 bridgehead atoms. The van der Waals surface area contributed by atoms with Gasteiger partial charge in [0.1, 0.15) is 11.6 Å². The summed E-state index contributed by atoms with van der Waals surface area (Å²) in [6, 6.07) is 8.59. The summed E-state index contributed by atoms with van der Waals surface area (Å²) in [4.78, 5) is 4.38. The summed E-state index contributed by atoms with van der Waals surface area (Å²) in [7, 11) is 1.99. The minimum atomic E-state index is 0.203. The Hall–Kier alpha value is -1.81. The molecule has 21 heavy (non-hydrogen) atoms. The van der Waals surface area contributed by atoms with Crippen molar-refractivity contribution < 1.29 is 4.74 Å². The topological polar surface area (TPSA) is 39.1 Å². The molecular weight excluding hydrogens is 262 g/mol. The van der Waals surface area contributed by atoms with Crippen LogP contribution in [-0.4, -0.2) is 22.7 Å². The SMILES string of the molecule is CCc1nccn1CC(NC)c1ccc(OC(C)C)cc1. The van der Waals surface area contributed by atoms with Crippen molar-refractivity contribution >= 4 is 0 Å². The van der Waals surface area contributed by atoms with E-state index in [4.69, 9.17) is 4.74 Å². The molecule has 1 atom stereocenters. The molecule has 0 radical (unpaired) electrons. The van der Waals surface area contributed by atoms with Gasteiger partial charge in [-0.05, 0) is 38.6 Å². The number of ether oxygens (including phenoxy) is 1. The number of nitrogens with one attached hydrogen (secondary N) is 1. The number of likely N-dealkylation sites (N-methyl/N-ethyl adjacent to an activating group) is 1. The van der Waals surface area contributed by atoms with Crippen LogP contribution in [0, 0.1) is 0 Å². The van der Waals surface area contributed by atoms with Gasteiger partial charge in [-0.2, -0.15) is 0 Å². The predicted octanol–water partition coefficient (Wildman–Crippen LogP) is 3.19. The molecule has 114 valence electrons. The third-order valence-electron chi connectivity index (χ3n) is 3.50. The molecule has 0 saturated carbocycles. The number of nitrogens with zero attached hydrogens (tertiary/aromatic N) is 2. The highest BCUT2D eigenvalue weighted by Gasteiger charge is 2.12. The highest BCUT2D eigenvalue weighted by molar-refractivity contribution is 5.29. The highest BCUT2D eigenvalue weighted by atomic mass is 16.5. The smallest absolute Gasteiger partial charge is 0.119 e. The highest BCUT2D eigenvalue weighted by Crippen LogP contribution is 2.20. The summed E-state index contributed by atoms with van der Waals surface area (Å²) in [6.07, 6.45) is 5.06. The van der Waals surface area contributed by atoms with E-state index in [1.807, 2.05) is 45.4 Å². The first kappa shape index (κ1) is 15.6. The van der Waals surface area contributed by atoms with Crippen LogP contribution in [0.15, 0.2) is 36.7 Å². The zero-order valence-electron chi connectivity index (χ0n) is 13.3. The Morgan fingerprint density at radius 1 is 1.24 bits per heavy atom. The molecule has 1 heterocycles. The number of rotatable bonds is 7. The van der Waals surface area contributed by atoms with Gasteiger partial charge in [0, 0.05) is 31.4 Å². The second-order valence-corrected chi connectivity index (χ2v) is 5.43. The van der Waals surface area contributed by atoms with E-state index in [1.165, 1.54) is 5.56 Å². The Labute approximate surface area is 127 Å². The van der Waals surface area contributed by atoms with Crippen LogP contribution in [-0.2, 0) is 13.0 Å². The van der Waals surface area contributed by atoms with E-state index in [0.717, 1.165) is 24.5 Å². The average molecular weight is 287 g/mol. The van der Waals surface area contributed by atoms with Crippen LogP contribution in [0.1, 0.15) is 38.2 Å². The van der Waals surface area contributed by atoms with E-state index in [9.17, 15) is 0 Å². The maximum atomic E-state index is 5.69. The predicted molar refractivity (Wildman–Crippen MR) is 85.6 cm³/mol. The van der Waals surface area contributed by atoms with Gasteiger partial charge in [-0.25, -0.2) is 4.98 Å². The molecule has 0 aliphatic carbocycles. The average Bonchev–Trinajstić information content (AvgIpc) is 2.92. The molecule has 4 heteroatoms. The zero-order chi connectivity index (χ0) is 15.2. The van der Waals surface area contributed by atoms with E-state index >= 15 is 0 Å². The lowest BCUT2D eigenvalue weighted by Crippen LogP contribution is -2.22. The van der Waals surface area contributed by atoms with Crippen molar-refractivity contribution in [1.29, 1.82) is 0 Å². The lowest BCUT2D eigenvalue weighted by atomic mass is 10.1. The van der Waals surface area contributed by atoms with Crippen molar-refractivity contribution in [2.75, 3.05) is 7.05 Å². The van der Waals surface area contributed by atoms with Crippen molar-refractivity contribution in [3.63, 3.8) is 0 Å². The molecule has 1 aromatic carbocycles. The Morgan fingerprint density at radius 3 is 2.52 bits per heavy atom. The van der Waals surface area contributed by atoms with Gasteiger partial charge in [-0.3, -0.25) is 0 Å². The summed E-state index contributed by atoms with van der Waals surface area (Å²) in [5.41, 5.74) is 1.25. The van der Waals surface area contributed by atoms with Crippen LogP contribution in [0.25, 0.3) is 0 Å². The number of aryl methyl sites for hydroxylation is 1. The minimum Gasteiger partial charge on any atom is -0.491 e. The summed E-state index contributed by atoms with van der Waals surface area (Å²) in [5, 5.41) is 3.38. The second-order valence-electron chi connectivity index (χ2n) is 5.43. The van der Waals surface area contributed by atoms with Crippen molar-refractivity contribution in [3.05, 3.63) is 48.0 Å². The van der Waals surface area contributed by atoms with Crippen LogP contribution < -0.4 is 10.1 Å². The Morgan fingerprint density at radius 2 is 1.95 bits per heavy atom. The largest absolute Gasteiger partial charge is 0.491 e. The van der Waals surface area contributed by atoms with Crippen molar-refractivity contribution in [3.8, 4) is 5.75 Å². The third-order valence-corrected chi connectivity index (χ3v) is 3.50. The lowest BCUT2D eigenvalue weighted by molar-refractivity contribution is 0.242. The molecular formula is C17H25N3O. The van der Waals surface area contributed by atoms with Gasteiger partial charge in [0.2, 0.25) is 0 Å². The van der Waals surface area contributed by atoms with Crippen molar-refractivity contribution in [2.24, 2.45) is 0 Å². The van der Waals surface area contributed by atoms with Crippen LogP contribution in [0.5, 0.6) is 5.75 Å². The summed E-state index contributed by atoms with van der Waals surface area (Å²) < 4.78 is 7.90. The van der Waals surface area contributed by atoms with Crippen molar-refractivity contribution in [2.45, 2.75) is 45.9 Å². The molecule has 1 N–H and O–H groups in total. The van der Waals surface area contributed by atoms with Gasteiger partial charge in [0.05, 0.1) is 6.10 Å². The molecule has 0 spiro atoms. The minimum absolute atomic E-state index is 0.203. The molecule has 0 aliphatic heterocycles. The van der Waals surface area contributed by atoms with Gasteiger partial charge < -0.3 is 14.6 Å². The summed E-state index contributed by atoms with van der Waals surface area (Å²) in [6.45, 7) is 7.08. The van der Waals surface area contributed by atoms with E-state index in [1.54, 1.807) is 0 Å². The van der Waals surface area contributed by atoms with E-state index in [0.29, 0.717) is 0 Å². The number of hydrogen-bond acceptors (Lipinski definition) is 3. The van der Waals surface area contributed by atoms with Gasteiger partial charge in [0.25, 0.3) is 0 Å². The van der Waals surface area contributed by atoms with Crippen LogP contribution in [0.2, 0.25) is 0 Å². The quantitative estimate of drug-likeness (QED) is 0.850. The number of imidazole rings is 1. The van der Waals surface area contributed by atoms with Gasteiger partial charge in [0.15, 0.2) is 0 Å². The van der Waals surface area contributed by atoms with Gasteiger partial charge in [-0.1, -0.05) is 19.1 Å². The third kappa shape index (κ3) is 4.08. The summed E-state index contributed by atoms with van der Waals surface area (Å²) >= 11 is 0. The van der Waals surface area contributed by atoms with Gasteiger partial charge >= 0.3 is 0 Å². The molecule has 2 rings (SSSR count). The van der Waals surface area contributed by atoms with Crippen molar-refractivity contribution in [1.82, 2.24) is 14.9 Å². The lowest BCUT2D eigenvalue weighted by Gasteiger charge is -2.19. The second kappa shape index (κ2) is 7.27. The number of aromatic nitrogens is 2. The normalized spacial score (nSPS) is 12.6. The fourth-order valence-corrected chi connectivity index (χ4v) is 2.43. The Kier molecular flexibility index (Phi) is 5.39.